The molecule has 30 heavy (non-hydrogen) atoms. The van der Waals surface area contributed by atoms with Gasteiger partial charge in [0.15, 0.2) is 0 Å². The number of hydrogen-bond acceptors (Lipinski definition) is 3. The van der Waals surface area contributed by atoms with E-state index in [1.807, 2.05) is 36.3 Å². The summed E-state index contributed by atoms with van der Waals surface area (Å²) in [6.45, 7) is 2.90. The van der Waals surface area contributed by atoms with Gasteiger partial charge in [-0.05, 0) is 49.2 Å². The van der Waals surface area contributed by atoms with E-state index in [9.17, 15) is 13.2 Å². The SMILES string of the molecule is Cn1cc(CN2CCCC(c3cccc(Cc4ccc(C(F)(F)F)cc4)n3)C2)cn1. The molecule has 0 aliphatic carbocycles. The Hall–Kier alpha value is -2.67. The van der Waals surface area contributed by atoms with Crippen LogP contribution in [0.1, 0.15) is 46.8 Å². The highest BCUT2D eigenvalue weighted by atomic mass is 19.4. The molecule has 4 nitrogen and oxygen atoms in total. The van der Waals surface area contributed by atoms with Crippen LogP contribution in [0, 0.1) is 0 Å². The van der Waals surface area contributed by atoms with Gasteiger partial charge in [0.05, 0.1) is 11.8 Å². The van der Waals surface area contributed by atoms with E-state index in [1.165, 1.54) is 17.7 Å². The van der Waals surface area contributed by atoms with E-state index >= 15 is 0 Å². The van der Waals surface area contributed by atoms with E-state index in [4.69, 9.17) is 4.98 Å². The summed E-state index contributed by atoms with van der Waals surface area (Å²) in [6.07, 6.45) is 2.40. The first-order valence-electron chi connectivity index (χ1n) is 10.2. The van der Waals surface area contributed by atoms with Crippen molar-refractivity contribution in [2.45, 2.75) is 37.9 Å². The number of nitrogens with zero attached hydrogens (tertiary/aromatic N) is 4. The molecule has 3 heterocycles. The van der Waals surface area contributed by atoms with Gasteiger partial charge in [0.1, 0.15) is 0 Å². The highest BCUT2D eigenvalue weighted by Gasteiger charge is 2.30. The zero-order valence-corrected chi connectivity index (χ0v) is 16.9. The van der Waals surface area contributed by atoms with Crippen LogP contribution in [0.25, 0.3) is 0 Å². The monoisotopic (exact) mass is 414 g/mol. The minimum absolute atomic E-state index is 0.364. The Bertz CT molecular complexity index is 979. The summed E-state index contributed by atoms with van der Waals surface area (Å²) in [4.78, 5) is 7.28. The molecule has 1 aliphatic heterocycles. The van der Waals surface area contributed by atoms with Crippen LogP contribution in [0.2, 0.25) is 0 Å². The Morgan fingerprint density at radius 2 is 1.87 bits per heavy atom. The van der Waals surface area contributed by atoms with Gasteiger partial charge in [0.25, 0.3) is 0 Å². The normalized spacial score (nSPS) is 17.9. The van der Waals surface area contributed by atoms with Crippen molar-refractivity contribution in [2.75, 3.05) is 13.1 Å². The van der Waals surface area contributed by atoms with Gasteiger partial charge in [0.2, 0.25) is 0 Å². The zero-order valence-electron chi connectivity index (χ0n) is 16.9. The molecular weight excluding hydrogens is 389 g/mol. The van der Waals surface area contributed by atoms with Crippen molar-refractivity contribution in [3.8, 4) is 0 Å². The molecule has 0 saturated carbocycles. The fourth-order valence-electron chi connectivity index (χ4n) is 4.10. The summed E-state index contributed by atoms with van der Waals surface area (Å²) < 4.78 is 40.1. The van der Waals surface area contributed by atoms with Gasteiger partial charge in [-0.2, -0.15) is 18.3 Å². The van der Waals surface area contributed by atoms with Crippen molar-refractivity contribution in [1.29, 1.82) is 0 Å². The first-order chi connectivity index (χ1) is 14.4. The Morgan fingerprint density at radius 3 is 2.57 bits per heavy atom. The topological polar surface area (TPSA) is 34.0 Å². The summed E-state index contributed by atoms with van der Waals surface area (Å²) >= 11 is 0. The van der Waals surface area contributed by atoms with Crippen LogP contribution in [0.3, 0.4) is 0 Å². The lowest BCUT2D eigenvalue weighted by molar-refractivity contribution is -0.137. The third kappa shape index (κ3) is 5.08. The van der Waals surface area contributed by atoms with E-state index in [0.717, 1.165) is 61.6 Å². The molecule has 0 spiro atoms. The average molecular weight is 414 g/mol. The van der Waals surface area contributed by atoms with Crippen molar-refractivity contribution >= 4 is 0 Å². The average Bonchev–Trinajstić information content (AvgIpc) is 3.13. The molecule has 1 atom stereocenters. The van der Waals surface area contributed by atoms with Gasteiger partial charge >= 0.3 is 6.18 Å². The molecular formula is C23H25F3N4. The molecule has 158 valence electrons. The quantitative estimate of drug-likeness (QED) is 0.601. The Kier molecular flexibility index (Phi) is 5.90. The predicted octanol–water partition coefficient (Wildman–Crippen LogP) is 4.80. The second-order valence-electron chi connectivity index (χ2n) is 8.02. The smallest absolute Gasteiger partial charge is 0.298 e. The van der Waals surface area contributed by atoms with Crippen LogP contribution in [-0.2, 0) is 26.2 Å². The fraction of sp³-hybridized carbons (Fsp3) is 0.391. The number of halogens is 3. The standard InChI is InChI=1S/C23H25F3N4/c1-29-14-18(13-27-29)15-30-11-3-4-19(16-30)22-6-2-5-21(28-22)12-17-7-9-20(10-8-17)23(24,25)26/h2,5-10,13-14,19H,3-4,11-12,15-16H2,1H3. The van der Waals surface area contributed by atoms with Gasteiger partial charge in [-0.1, -0.05) is 18.2 Å². The second kappa shape index (κ2) is 8.60. The number of aryl methyl sites for hydroxylation is 1. The van der Waals surface area contributed by atoms with E-state index in [2.05, 4.69) is 16.1 Å². The zero-order chi connectivity index (χ0) is 21.1. The Balaban J connectivity index is 1.42. The van der Waals surface area contributed by atoms with Crippen molar-refractivity contribution < 1.29 is 13.2 Å². The van der Waals surface area contributed by atoms with Gasteiger partial charge < -0.3 is 0 Å². The maximum Gasteiger partial charge on any atom is 0.416 e. The highest BCUT2D eigenvalue weighted by molar-refractivity contribution is 5.28. The second-order valence-corrected chi connectivity index (χ2v) is 8.02. The van der Waals surface area contributed by atoms with Crippen molar-refractivity contribution in [3.63, 3.8) is 0 Å². The molecule has 1 aromatic carbocycles. The van der Waals surface area contributed by atoms with Crippen LogP contribution in [0.15, 0.2) is 54.9 Å². The lowest BCUT2D eigenvalue weighted by atomic mass is 9.93. The maximum atomic E-state index is 12.8. The Morgan fingerprint density at radius 1 is 1.07 bits per heavy atom. The summed E-state index contributed by atoms with van der Waals surface area (Å²) in [5.41, 5.74) is 3.37. The van der Waals surface area contributed by atoms with Crippen LogP contribution in [-0.4, -0.2) is 32.8 Å². The molecule has 4 rings (SSSR count). The number of rotatable bonds is 5. The maximum absolute atomic E-state index is 12.8. The summed E-state index contributed by atoms with van der Waals surface area (Å²) in [7, 11) is 1.93. The molecule has 3 aromatic rings. The van der Waals surface area contributed by atoms with Gasteiger partial charge in [-0.25, -0.2) is 0 Å². The van der Waals surface area contributed by atoms with Gasteiger partial charge in [0, 0.05) is 55.6 Å². The number of hydrogen-bond donors (Lipinski definition) is 0. The first kappa shape index (κ1) is 20.6. The van der Waals surface area contributed by atoms with E-state index in [0.29, 0.717) is 12.3 Å². The third-order valence-electron chi connectivity index (χ3n) is 5.58. The minimum atomic E-state index is -4.31. The molecule has 1 fully saturated rings. The van der Waals surface area contributed by atoms with Crippen LogP contribution in [0.5, 0.6) is 0 Å². The summed E-state index contributed by atoms with van der Waals surface area (Å²) in [6, 6.07) is 11.3. The van der Waals surface area contributed by atoms with E-state index in [-0.39, 0.29) is 0 Å². The molecule has 0 radical (unpaired) electrons. The third-order valence-corrected chi connectivity index (χ3v) is 5.58. The van der Waals surface area contributed by atoms with Gasteiger partial charge in [-0.3, -0.25) is 14.6 Å². The molecule has 2 aromatic heterocycles. The number of likely N-dealkylation sites (tertiary alicyclic amines) is 1. The molecule has 1 aliphatic rings. The van der Waals surface area contributed by atoms with Crippen molar-refractivity contribution in [2.24, 2.45) is 7.05 Å². The molecule has 1 unspecified atom stereocenters. The van der Waals surface area contributed by atoms with Gasteiger partial charge in [-0.15, -0.1) is 0 Å². The number of piperidine rings is 1. The minimum Gasteiger partial charge on any atom is -0.298 e. The van der Waals surface area contributed by atoms with Crippen LogP contribution < -0.4 is 0 Å². The van der Waals surface area contributed by atoms with Crippen LogP contribution in [0.4, 0.5) is 13.2 Å². The molecule has 1 saturated heterocycles. The lowest BCUT2D eigenvalue weighted by Gasteiger charge is -2.32. The Labute approximate surface area is 174 Å². The number of pyridine rings is 1. The highest BCUT2D eigenvalue weighted by Crippen LogP contribution is 2.30. The summed E-state index contributed by atoms with van der Waals surface area (Å²) in [5, 5.41) is 4.24. The number of alkyl halides is 3. The predicted molar refractivity (Wildman–Crippen MR) is 109 cm³/mol. The largest absolute Gasteiger partial charge is 0.416 e. The fourth-order valence-corrected chi connectivity index (χ4v) is 4.10. The molecule has 0 N–H and O–H groups in total. The molecule has 7 heteroatoms. The van der Waals surface area contributed by atoms with Crippen molar-refractivity contribution in [3.05, 3.63) is 82.9 Å². The first-order valence-corrected chi connectivity index (χ1v) is 10.2. The lowest BCUT2D eigenvalue weighted by Crippen LogP contribution is -2.34. The molecule has 0 bridgehead atoms. The number of benzene rings is 1. The summed E-state index contributed by atoms with van der Waals surface area (Å²) in [5.74, 6) is 0.364. The number of aromatic nitrogens is 3. The van der Waals surface area contributed by atoms with Crippen molar-refractivity contribution in [1.82, 2.24) is 19.7 Å². The molecule has 0 amide bonds. The van der Waals surface area contributed by atoms with E-state index in [1.54, 1.807) is 0 Å². The van der Waals surface area contributed by atoms with E-state index < -0.39 is 11.7 Å². The van der Waals surface area contributed by atoms with Crippen LogP contribution >= 0.6 is 0 Å².